The molecule has 0 atom stereocenters. The molecule has 5 heteroatoms. The molecule has 0 fully saturated rings. The van der Waals surface area contributed by atoms with Gasteiger partial charge in [-0.15, -0.1) is 5.10 Å². The summed E-state index contributed by atoms with van der Waals surface area (Å²) >= 11 is 0. The van der Waals surface area contributed by atoms with Crippen molar-refractivity contribution in [3.8, 4) is 0 Å². The van der Waals surface area contributed by atoms with E-state index < -0.39 is 0 Å². The molecule has 1 heterocycles. The molecule has 5 nitrogen and oxygen atoms in total. The number of aromatic nitrogens is 3. The van der Waals surface area contributed by atoms with Crippen LogP contribution in [0.5, 0.6) is 0 Å². The van der Waals surface area contributed by atoms with Gasteiger partial charge in [-0.25, -0.2) is 0 Å². The van der Waals surface area contributed by atoms with Crippen LogP contribution in [0.1, 0.15) is 18.1 Å². The molecule has 3 aromatic rings. The summed E-state index contributed by atoms with van der Waals surface area (Å²) in [7, 11) is 0. The van der Waals surface area contributed by atoms with Crippen molar-refractivity contribution < 1.29 is 0 Å². The summed E-state index contributed by atoms with van der Waals surface area (Å²) in [5.41, 5.74) is 3.51. The molecule has 0 aliphatic heterocycles. The minimum atomic E-state index is 0.595. The van der Waals surface area contributed by atoms with Crippen molar-refractivity contribution in [2.75, 3.05) is 16.8 Å². The summed E-state index contributed by atoms with van der Waals surface area (Å²) in [6, 6.07) is 18.5. The van der Waals surface area contributed by atoms with Gasteiger partial charge in [-0.1, -0.05) is 48.0 Å². The molecule has 1 N–H and O–H groups in total. The molecule has 122 valence electrons. The van der Waals surface area contributed by atoms with E-state index >= 15 is 0 Å². The van der Waals surface area contributed by atoms with Gasteiger partial charge in [0.1, 0.15) is 0 Å². The third-order valence-electron chi connectivity index (χ3n) is 3.73. The Morgan fingerprint density at radius 2 is 1.88 bits per heavy atom. The van der Waals surface area contributed by atoms with Gasteiger partial charge in [0.05, 0.1) is 6.20 Å². The van der Waals surface area contributed by atoms with Crippen LogP contribution in [0.15, 0.2) is 60.8 Å². The van der Waals surface area contributed by atoms with Crippen LogP contribution in [0, 0.1) is 6.92 Å². The average Bonchev–Trinajstić information content (AvgIpc) is 2.62. The van der Waals surface area contributed by atoms with Crippen LogP contribution in [-0.4, -0.2) is 21.7 Å². The van der Waals surface area contributed by atoms with Gasteiger partial charge in [0.25, 0.3) is 5.95 Å². The summed E-state index contributed by atoms with van der Waals surface area (Å²) in [6.07, 6.45) is 1.65. The Kier molecular flexibility index (Phi) is 5.01. The molecule has 0 unspecified atom stereocenters. The van der Waals surface area contributed by atoms with Gasteiger partial charge in [0.15, 0.2) is 5.82 Å². The van der Waals surface area contributed by atoms with Crippen molar-refractivity contribution in [3.63, 3.8) is 0 Å². The maximum Gasteiger partial charge on any atom is 0.251 e. The highest BCUT2D eigenvalue weighted by molar-refractivity contribution is 5.57. The molecule has 3 rings (SSSR count). The Balaban J connectivity index is 1.76. The number of nitrogens with one attached hydrogen (secondary N) is 1. The number of aryl methyl sites for hydroxylation is 1. The molecule has 0 aliphatic rings. The summed E-state index contributed by atoms with van der Waals surface area (Å²) < 4.78 is 0. The normalized spacial score (nSPS) is 10.4. The van der Waals surface area contributed by atoms with Gasteiger partial charge in [-0.05, 0) is 31.5 Å². The number of hydrogen-bond donors (Lipinski definition) is 1. The van der Waals surface area contributed by atoms with Crippen LogP contribution in [0.3, 0.4) is 0 Å². The highest BCUT2D eigenvalue weighted by Crippen LogP contribution is 2.21. The Labute approximate surface area is 142 Å². The Morgan fingerprint density at radius 3 is 2.62 bits per heavy atom. The van der Waals surface area contributed by atoms with E-state index in [0.29, 0.717) is 12.5 Å². The van der Waals surface area contributed by atoms with E-state index in [1.807, 2.05) is 35.2 Å². The van der Waals surface area contributed by atoms with Crippen molar-refractivity contribution >= 4 is 17.5 Å². The molecule has 0 saturated heterocycles. The molecular weight excluding hydrogens is 298 g/mol. The van der Waals surface area contributed by atoms with E-state index in [4.69, 9.17) is 0 Å². The molecule has 24 heavy (non-hydrogen) atoms. The molecular formula is C19H21N5. The van der Waals surface area contributed by atoms with Gasteiger partial charge in [-0.2, -0.15) is 10.1 Å². The van der Waals surface area contributed by atoms with Crippen molar-refractivity contribution in [3.05, 3.63) is 71.9 Å². The SMILES string of the molecule is CCN(c1ccccc1)c1nncc(NCc2cccc(C)c2)n1. The zero-order valence-electron chi connectivity index (χ0n) is 14.0. The third kappa shape index (κ3) is 3.87. The molecule has 0 saturated carbocycles. The minimum Gasteiger partial charge on any atom is -0.365 e. The van der Waals surface area contributed by atoms with Crippen molar-refractivity contribution in [1.29, 1.82) is 0 Å². The second-order valence-electron chi connectivity index (χ2n) is 5.56. The van der Waals surface area contributed by atoms with Crippen molar-refractivity contribution in [2.24, 2.45) is 0 Å². The van der Waals surface area contributed by atoms with Gasteiger partial charge in [0.2, 0.25) is 0 Å². The summed E-state index contributed by atoms with van der Waals surface area (Å²) in [5, 5.41) is 11.6. The fourth-order valence-electron chi connectivity index (χ4n) is 2.56. The lowest BCUT2D eigenvalue weighted by atomic mass is 10.1. The number of anilines is 3. The second-order valence-corrected chi connectivity index (χ2v) is 5.56. The average molecular weight is 319 g/mol. The van der Waals surface area contributed by atoms with Gasteiger partial charge >= 0.3 is 0 Å². The number of nitrogens with zero attached hydrogens (tertiary/aromatic N) is 4. The van der Waals surface area contributed by atoms with E-state index in [-0.39, 0.29) is 0 Å². The molecule has 0 spiro atoms. The fraction of sp³-hybridized carbons (Fsp3) is 0.211. The van der Waals surface area contributed by atoms with Crippen LogP contribution in [0.2, 0.25) is 0 Å². The monoisotopic (exact) mass is 319 g/mol. The maximum atomic E-state index is 4.60. The highest BCUT2D eigenvalue weighted by Gasteiger charge is 2.11. The van der Waals surface area contributed by atoms with Crippen LogP contribution in [-0.2, 0) is 6.54 Å². The van der Waals surface area contributed by atoms with Crippen LogP contribution in [0.25, 0.3) is 0 Å². The zero-order valence-corrected chi connectivity index (χ0v) is 14.0. The topological polar surface area (TPSA) is 53.9 Å². The van der Waals surface area contributed by atoms with E-state index in [2.05, 4.69) is 58.6 Å². The number of benzene rings is 2. The van der Waals surface area contributed by atoms with Gasteiger partial charge in [-0.3, -0.25) is 0 Å². The van der Waals surface area contributed by atoms with E-state index in [0.717, 1.165) is 18.1 Å². The largest absolute Gasteiger partial charge is 0.365 e. The lowest BCUT2D eigenvalue weighted by molar-refractivity contribution is 0.881. The predicted octanol–water partition coefficient (Wildman–Crippen LogP) is 3.95. The standard InChI is InChI=1S/C19H21N5/c1-3-24(17-10-5-4-6-11-17)19-22-18(14-21-23-19)20-13-16-9-7-8-15(2)12-16/h4-12,14H,3,13H2,1-2H3,(H,20,22,23). The second kappa shape index (κ2) is 7.55. The van der Waals surface area contributed by atoms with Crippen LogP contribution in [0.4, 0.5) is 17.5 Å². The summed E-state index contributed by atoms with van der Waals surface area (Å²) in [5.74, 6) is 1.31. The van der Waals surface area contributed by atoms with Gasteiger partial charge in [0, 0.05) is 18.8 Å². The smallest absolute Gasteiger partial charge is 0.251 e. The Hall–Kier alpha value is -2.95. The highest BCUT2D eigenvalue weighted by atomic mass is 15.3. The predicted molar refractivity (Wildman–Crippen MR) is 97.5 cm³/mol. The lowest BCUT2D eigenvalue weighted by Gasteiger charge is -2.20. The quantitative estimate of drug-likeness (QED) is 0.745. The number of hydrogen-bond acceptors (Lipinski definition) is 5. The summed E-state index contributed by atoms with van der Waals surface area (Å²) in [4.78, 5) is 6.63. The van der Waals surface area contributed by atoms with Crippen LogP contribution < -0.4 is 10.2 Å². The Morgan fingerprint density at radius 1 is 1.04 bits per heavy atom. The molecule has 0 radical (unpaired) electrons. The fourth-order valence-corrected chi connectivity index (χ4v) is 2.56. The zero-order chi connectivity index (χ0) is 16.8. The first-order valence-electron chi connectivity index (χ1n) is 8.08. The van der Waals surface area contributed by atoms with E-state index in [1.54, 1.807) is 6.20 Å². The van der Waals surface area contributed by atoms with Crippen molar-refractivity contribution in [2.45, 2.75) is 20.4 Å². The van der Waals surface area contributed by atoms with E-state index in [1.165, 1.54) is 11.1 Å². The first-order valence-corrected chi connectivity index (χ1v) is 8.08. The number of para-hydroxylation sites is 1. The molecule has 1 aromatic heterocycles. The lowest BCUT2D eigenvalue weighted by Crippen LogP contribution is -2.19. The molecule has 2 aromatic carbocycles. The maximum absolute atomic E-state index is 4.60. The Bertz CT molecular complexity index is 789. The molecule has 0 amide bonds. The molecule has 0 aliphatic carbocycles. The first kappa shape index (κ1) is 15.9. The summed E-state index contributed by atoms with van der Waals surface area (Å²) in [6.45, 7) is 5.64. The first-order chi connectivity index (χ1) is 11.8. The minimum absolute atomic E-state index is 0.595. The molecule has 0 bridgehead atoms. The number of rotatable bonds is 6. The van der Waals surface area contributed by atoms with Crippen molar-refractivity contribution in [1.82, 2.24) is 15.2 Å². The van der Waals surface area contributed by atoms with Crippen LogP contribution >= 0.6 is 0 Å². The van der Waals surface area contributed by atoms with E-state index in [9.17, 15) is 0 Å². The third-order valence-corrected chi connectivity index (χ3v) is 3.73. The van der Waals surface area contributed by atoms with Gasteiger partial charge < -0.3 is 10.2 Å².